The molecule has 2 aliphatic rings. The molecule has 6 heteroatoms. The van der Waals surface area contributed by atoms with Gasteiger partial charge in [0.2, 0.25) is 0 Å². The molecule has 0 radical (unpaired) electrons. The molecule has 36 heavy (non-hydrogen) atoms. The Morgan fingerprint density at radius 2 is 1.89 bits per heavy atom. The number of amides is 1. The van der Waals surface area contributed by atoms with Gasteiger partial charge in [0.05, 0.1) is 6.20 Å². The molecule has 2 atom stereocenters. The molecule has 1 amide bonds. The van der Waals surface area contributed by atoms with Gasteiger partial charge in [0, 0.05) is 64.2 Å². The summed E-state index contributed by atoms with van der Waals surface area (Å²) in [6.45, 7) is 6.23. The second-order valence-corrected chi connectivity index (χ2v) is 9.90. The Morgan fingerprint density at radius 1 is 1.08 bits per heavy atom. The normalized spacial score (nSPS) is 19.9. The molecule has 0 fully saturated rings. The first-order valence-electron chi connectivity index (χ1n) is 12.4. The van der Waals surface area contributed by atoms with E-state index in [1.165, 1.54) is 0 Å². The van der Waals surface area contributed by atoms with Gasteiger partial charge in [-0.1, -0.05) is 30.8 Å². The van der Waals surface area contributed by atoms with Gasteiger partial charge in [-0.15, -0.1) is 0 Å². The highest BCUT2D eigenvalue weighted by atomic mass is 16.2. The number of hydrogen-bond acceptors (Lipinski definition) is 3. The van der Waals surface area contributed by atoms with Crippen LogP contribution < -0.4 is 15.6 Å². The quantitative estimate of drug-likeness (QED) is 0.440. The maximum atomic E-state index is 13.7. The Balaban J connectivity index is 1.50. The molecule has 0 bridgehead atoms. The number of ketones is 1. The number of carbonyl (C=O) groups is 2. The van der Waals surface area contributed by atoms with Crippen molar-refractivity contribution in [1.82, 2.24) is 9.88 Å². The van der Waals surface area contributed by atoms with Crippen molar-refractivity contribution in [2.75, 3.05) is 5.32 Å². The number of aryl methyl sites for hydroxylation is 2. The SMILES string of the molecule is C=C1NC2=C(C(=O)CCC2)C(c2ccc3c(c2)c2ccccc2n3C)C1C(=O)Nc1ccc(C)c[nH+]1. The molecule has 0 saturated heterocycles. The summed E-state index contributed by atoms with van der Waals surface area (Å²) in [6, 6.07) is 18.4. The largest absolute Gasteiger partial charge is 0.362 e. The standard InChI is InChI=1S/C30H28N4O2/c1-17-11-14-26(31-16-17)33-30(36)27-18(2)32-22-8-6-10-25(35)29(22)28(27)19-12-13-24-21(15-19)20-7-4-5-9-23(20)34(24)3/h4-5,7,9,11-16,27-28,32H,2,6,8,10H2,1,3H3,(H,31,33,36)/p+1. The minimum absolute atomic E-state index is 0.110. The third-order valence-electron chi connectivity index (χ3n) is 7.59. The van der Waals surface area contributed by atoms with Crippen LogP contribution in [-0.2, 0) is 16.6 Å². The zero-order chi connectivity index (χ0) is 25.0. The maximum Gasteiger partial charge on any atom is 0.317 e. The van der Waals surface area contributed by atoms with Crippen LogP contribution in [0.25, 0.3) is 21.8 Å². The van der Waals surface area contributed by atoms with E-state index in [-0.39, 0.29) is 11.7 Å². The molecule has 2 aromatic heterocycles. The molecule has 3 N–H and O–H groups in total. The van der Waals surface area contributed by atoms with E-state index in [2.05, 4.69) is 64.1 Å². The number of benzene rings is 2. The molecular weight excluding hydrogens is 448 g/mol. The van der Waals surface area contributed by atoms with Crippen LogP contribution in [-0.4, -0.2) is 16.3 Å². The predicted molar refractivity (Wildman–Crippen MR) is 141 cm³/mol. The number of rotatable bonds is 3. The number of aromatic nitrogens is 2. The van der Waals surface area contributed by atoms with E-state index in [1.54, 1.807) is 0 Å². The highest BCUT2D eigenvalue weighted by Crippen LogP contribution is 2.45. The molecule has 180 valence electrons. The Bertz CT molecular complexity index is 1590. The van der Waals surface area contributed by atoms with Crippen LogP contribution in [0.1, 0.15) is 36.3 Å². The summed E-state index contributed by atoms with van der Waals surface area (Å²) in [5.74, 6) is -0.515. The summed E-state index contributed by atoms with van der Waals surface area (Å²) in [5.41, 5.74) is 6.55. The van der Waals surface area contributed by atoms with Crippen molar-refractivity contribution in [3.05, 3.63) is 95.5 Å². The Labute approximate surface area is 209 Å². The molecule has 0 saturated carbocycles. The van der Waals surface area contributed by atoms with Gasteiger partial charge in [-0.3, -0.25) is 4.79 Å². The fraction of sp³-hybridized carbons (Fsp3) is 0.233. The number of anilines is 1. The molecule has 1 aliphatic carbocycles. The first-order valence-corrected chi connectivity index (χ1v) is 12.4. The number of nitrogens with one attached hydrogen (secondary N) is 3. The molecule has 6 nitrogen and oxygen atoms in total. The van der Waals surface area contributed by atoms with Gasteiger partial charge in [0.1, 0.15) is 5.92 Å². The number of aromatic amines is 1. The number of allylic oxidation sites excluding steroid dienone is 2. The van der Waals surface area contributed by atoms with Crippen LogP contribution >= 0.6 is 0 Å². The van der Waals surface area contributed by atoms with E-state index in [0.29, 0.717) is 17.9 Å². The van der Waals surface area contributed by atoms with Crippen molar-refractivity contribution in [2.24, 2.45) is 13.0 Å². The number of carbonyl (C=O) groups excluding carboxylic acids is 2. The summed E-state index contributed by atoms with van der Waals surface area (Å²) in [6.07, 6.45) is 3.94. The number of para-hydroxylation sites is 1. The summed E-state index contributed by atoms with van der Waals surface area (Å²) in [4.78, 5) is 30.2. The summed E-state index contributed by atoms with van der Waals surface area (Å²) in [7, 11) is 2.07. The summed E-state index contributed by atoms with van der Waals surface area (Å²) >= 11 is 0. The second-order valence-electron chi connectivity index (χ2n) is 9.90. The van der Waals surface area contributed by atoms with Gasteiger partial charge >= 0.3 is 5.91 Å². The fourth-order valence-corrected chi connectivity index (χ4v) is 5.83. The van der Waals surface area contributed by atoms with Crippen molar-refractivity contribution < 1.29 is 14.6 Å². The third kappa shape index (κ3) is 3.52. The molecule has 0 spiro atoms. The van der Waals surface area contributed by atoms with Crippen LogP contribution in [0.4, 0.5) is 5.82 Å². The fourth-order valence-electron chi connectivity index (χ4n) is 5.83. The lowest BCUT2D eigenvalue weighted by molar-refractivity contribution is -0.361. The van der Waals surface area contributed by atoms with E-state index < -0.39 is 11.8 Å². The van der Waals surface area contributed by atoms with E-state index in [0.717, 1.165) is 57.0 Å². The predicted octanol–water partition coefficient (Wildman–Crippen LogP) is 4.92. The van der Waals surface area contributed by atoms with Crippen LogP contribution in [0.15, 0.2) is 84.3 Å². The van der Waals surface area contributed by atoms with Crippen LogP contribution in [0.3, 0.4) is 0 Å². The van der Waals surface area contributed by atoms with Crippen LogP contribution in [0.2, 0.25) is 0 Å². The zero-order valence-electron chi connectivity index (χ0n) is 20.5. The van der Waals surface area contributed by atoms with Gasteiger partial charge in [0.15, 0.2) is 5.78 Å². The second kappa shape index (κ2) is 8.48. The smallest absolute Gasteiger partial charge is 0.317 e. The van der Waals surface area contributed by atoms with Crippen molar-refractivity contribution in [3.63, 3.8) is 0 Å². The van der Waals surface area contributed by atoms with Crippen molar-refractivity contribution in [3.8, 4) is 0 Å². The zero-order valence-corrected chi connectivity index (χ0v) is 20.5. The average Bonchev–Trinajstić information content (AvgIpc) is 3.16. The maximum absolute atomic E-state index is 13.7. The lowest BCUT2D eigenvalue weighted by Crippen LogP contribution is -2.42. The Kier molecular flexibility index (Phi) is 5.25. The van der Waals surface area contributed by atoms with Crippen LogP contribution in [0, 0.1) is 12.8 Å². The topological polar surface area (TPSA) is 77.3 Å². The van der Waals surface area contributed by atoms with Gasteiger partial charge in [0.25, 0.3) is 5.82 Å². The number of H-pyrrole nitrogens is 1. The third-order valence-corrected chi connectivity index (χ3v) is 7.59. The van der Waals surface area contributed by atoms with Gasteiger partial charge in [-0.2, -0.15) is 0 Å². The van der Waals surface area contributed by atoms with E-state index in [4.69, 9.17) is 0 Å². The molecule has 1 aliphatic heterocycles. The first-order chi connectivity index (χ1) is 17.4. The van der Waals surface area contributed by atoms with Gasteiger partial charge in [-0.05, 0) is 55.2 Å². The monoisotopic (exact) mass is 477 g/mol. The summed E-state index contributed by atoms with van der Waals surface area (Å²) < 4.78 is 2.18. The van der Waals surface area contributed by atoms with Crippen LogP contribution in [0.5, 0.6) is 0 Å². The number of hydrogen-bond donors (Lipinski definition) is 2. The summed E-state index contributed by atoms with van der Waals surface area (Å²) in [5, 5.41) is 8.62. The number of Topliss-reactive ketones (excluding diaryl/α,β-unsaturated/α-hetero) is 1. The van der Waals surface area contributed by atoms with E-state index in [9.17, 15) is 9.59 Å². The minimum atomic E-state index is -0.632. The lowest BCUT2D eigenvalue weighted by Gasteiger charge is -2.37. The Hall–Kier alpha value is -4.19. The highest BCUT2D eigenvalue weighted by Gasteiger charge is 2.44. The van der Waals surface area contributed by atoms with Crippen molar-refractivity contribution in [1.29, 1.82) is 0 Å². The molecule has 2 unspecified atom stereocenters. The highest BCUT2D eigenvalue weighted by molar-refractivity contribution is 6.09. The Morgan fingerprint density at radius 3 is 2.69 bits per heavy atom. The lowest BCUT2D eigenvalue weighted by atomic mass is 9.71. The van der Waals surface area contributed by atoms with E-state index >= 15 is 0 Å². The van der Waals surface area contributed by atoms with Gasteiger partial charge < -0.3 is 9.88 Å². The minimum Gasteiger partial charge on any atom is -0.362 e. The number of pyridine rings is 1. The number of nitrogens with zero attached hydrogens (tertiary/aromatic N) is 1. The first kappa shape index (κ1) is 22.3. The molecule has 4 aromatic rings. The van der Waals surface area contributed by atoms with Crippen molar-refractivity contribution >= 4 is 39.3 Å². The molecule has 6 rings (SSSR count). The molecule has 3 heterocycles. The van der Waals surface area contributed by atoms with Gasteiger partial charge in [-0.25, -0.2) is 15.1 Å². The average molecular weight is 478 g/mol. The van der Waals surface area contributed by atoms with E-state index in [1.807, 2.05) is 37.4 Å². The number of fused-ring (bicyclic) bond motifs is 3. The molecule has 2 aromatic carbocycles. The molecular formula is C30H29N4O2+. The van der Waals surface area contributed by atoms with Crippen molar-refractivity contribution in [2.45, 2.75) is 32.1 Å².